The van der Waals surface area contributed by atoms with E-state index in [4.69, 9.17) is 0 Å². The topological polar surface area (TPSA) is 34.9 Å². The van der Waals surface area contributed by atoms with Crippen LogP contribution in [0.1, 0.15) is 14.5 Å². The molecule has 0 N–H and O–H groups in total. The molecule has 0 bridgehead atoms. The summed E-state index contributed by atoms with van der Waals surface area (Å²) in [5.74, 6) is -0.0847. The zero-order chi connectivity index (χ0) is 10.7. The second-order valence-electron chi connectivity index (χ2n) is 3.09. The highest BCUT2D eigenvalue weighted by molar-refractivity contribution is 7.12. The number of hydrogen-bond acceptors (Lipinski definition) is 3. The summed E-state index contributed by atoms with van der Waals surface area (Å²) in [6, 6.07) is 4.03. The van der Waals surface area contributed by atoms with Crippen LogP contribution in [-0.2, 0) is 0 Å². The summed E-state index contributed by atoms with van der Waals surface area (Å²) in [5.41, 5.74) is 0. The van der Waals surface area contributed by atoms with Gasteiger partial charge in [-0.3, -0.25) is 9.36 Å². The van der Waals surface area contributed by atoms with Gasteiger partial charge in [0.25, 0.3) is 5.91 Å². The van der Waals surface area contributed by atoms with E-state index in [9.17, 15) is 4.79 Å². The van der Waals surface area contributed by atoms with Gasteiger partial charge in [-0.2, -0.15) is 0 Å². The van der Waals surface area contributed by atoms with Crippen LogP contribution in [0.2, 0.25) is 0 Å². The Hall–Kier alpha value is -1.68. The van der Waals surface area contributed by atoms with Crippen LogP contribution >= 0.6 is 11.3 Å². The number of carbonyl (C=O) groups is 1. The maximum atomic E-state index is 11.5. The standard InChI is InChI=1S/C11H10N2OS/c1-9-2-3-10(15-9)4-5-11(14)13-7-6-12-8-13/h2-8H,1H3/b5-4-. The first-order valence-corrected chi connectivity index (χ1v) is 5.34. The number of aromatic nitrogens is 2. The van der Waals surface area contributed by atoms with Crippen molar-refractivity contribution in [1.29, 1.82) is 0 Å². The molecule has 0 aromatic carbocycles. The van der Waals surface area contributed by atoms with E-state index < -0.39 is 0 Å². The third kappa shape index (κ3) is 2.41. The van der Waals surface area contributed by atoms with Gasteiger partial charge >= 0.3 is 0 Å². The monoisotopic (exact) mass is 218 g/mol. The average molecular weight is 218 g/mol. The summed E-state index contributed by atoms with van der Waals surface area (Å²) in [6.45, 7) is 2.04. The molecule has 2 rings (SSSR count). The van der Waals surface area contributed by atoms with E-state index in [1.807, 2.05) is 25.1 Å². The Balaban J connectivity index is 2.09. The molecule has 2 heterocycles. The molecule has 0 radical (unpaired) electrons. The van der Waals surface area contributed by atoms with E-state index in [0.29, 0.717) is 0 Å². The molecule has 0 amide bonds. The highest BCUT2D eigenvalue weighted by Gasteiger charge is 1.98. The van der Waals surface area contributed by atoms with Gasteiger partial charge in [0.2, 0.25) is 0 Å². The summed E-state index contributed by atoms with van der Waals surface area (Å²) in [5, 5.41) is 0. The number of allylic oxidation sites excluding steroid dienone is 1. The molecule has 0 aliphatic rings. The second-order valence-corrected chi connectivity index (χ2v) is 4.41. The largest absolute Gasteiger partial charge is 0.273 e. The Kier molecular flexibility index (Phi) is 2.78. The summed E-state index contributed by atoms with van der Waals surface area (Å²) < 4.78 is 1.44. The number of rotatable bonds is 2. The molecule has 76 valence electrons. The fourth-order valence-corrected chi connectivity index (χ4v) is 1.95. The lowest BCUT2D eigenvalue weighted by Crippen LogP contribution is -2.03. The number of nitrogens with zero attached hydrogens (tertiary/aromatic N) is 2. The highest BCUT2D eigenvalue weighted by Crippen LogP contribution is 2.16. The second kappa shape index (κ2) is 4.23. The first-order valence-electron chi connectivity index (χ1n) is 4.52. The van der Waals surface area contributed by atoms with Crippen molar-refractivity contribution >= 4 is 23.3 Å². The first kappa shape index (κ1) is 9.86. The molecular weight excluding hydrogens is 208 g/mol. The Bertz CT molecular complexity index is 482. The van der Waals surface area contributed by atoms with Gasteiger partial charge in [0.05, 0.1) is 0 Å². The van der Waals surface area contributed by atoms with Gasteiger partial charge in [-0.25, -0.2) is 4.98 Å². The molecule has 4 heteroatoms. The van der Waals surface area contributed by atoms with E-state index in [2.05, 4.69) is 4.98 Å². The average Bonchev–Trinajstić information content (AvgIpc) is 2.84. The van der Waals surface area contributed by atoms with Gasteiger partial charge in [0.1, 0.15) is 6.33 Å². The maximum Gasteiger partial charge on any atom is 0.255 e. The predicted molar refractivity (Wildman–Crippen MR) is 60.9 cm³/mol. The van der Waals surface area contributed by atoms with Gasteiger partial charge in [-0.15, -0.1) is 11.3 Å². The van der Waals surface area contributed by atoms with Crippen LogP contribution in [0.25, 0.3) is 6.08 Å². The van der Waals surface area contributed by atoms with E-state index in [1.54, 1.807) is 29.8 Å². The zero-order valence-corrected chi connectivity index (χ0v) is 9.07. The SMILES string of the molecule is Cc1ccc(/C=C\C(=O)n2ccnc2)s1. The van der Waals surface area contributed by atoms with Gasteiger partial charge < -0.3 is 0 Å². The van der Waals surface area contributed by atoms with Crippen molar-refractivity contribution in [2.45, 2.75) is 6.92 Å². The molecule has 0 unspecified atom stereocenters. The summed E-state index contributed by atoms with van der Waals surface area (Å²) in [7, 11) is 0. The molecule has 0 saturated heterocycles. The molecule has 0 fully saturated rings. The number of hydrogen-bond donors (Lipinski definition) is 0. The lowest BCUT2D eigenvalue weighted by Gasteiger charge is -1.91. The first-order chi connectivity index (χ1) is 7.25. The van der Waals surface area contributed by atoms with E-state index in [1.165, 1.54) is 15.8 Å². The van der Waals surface area contributed by atoms with E-state index in [-0.39, 0.29) is 5.91 Å². The molecule has 3 nitrogen and oxygen atoms in total. The number of carbonyl (C=O) groups excluding carboxylic acids is 1. The van der Waals surface area contributed by atoms with Crippen molar-refractivity contribution in [1.82, 2.24) is 9.55 Å². The Morgan fingerprint density at radius 3 is 3.00 bits per heavy atom. The zero-order valence-electron chi connectivity index (χ0n) is 8.25. The molecule has 0 aliphatic heterocycles. The highest BCUT2D eigenvalue weighted by atomic mass is 32.1. The fraction of sp³-hybridized carbons (Fsp3) is 0.0909. The van der Waals surface area contributed by atoms with Crippen LogP contribution in [0.3, 0.4) is 0 Å². The Morgan fingerprint density at radius 1 is 1.53 bits per heavy atom. The van der Waals surface area contributed by atoms with Gasteiger partial charge in [0, 0.05) is 28.2 Å². The maximum absolute atomic E-state index is 11.5. The third-order valence-corrected chi connectivity index (χ3v) is 2.88. The third-order valence-electron chi connectivity index (χ3n) is 1.91. The quantitative estimate of drug-likeness (QED) is 0.726. The van der Waals surface area contributed by atoms with Crippen LogP contribution in [0.5, 0.6) is 0 Å². The minimum absolute atomic E-state index is 0.0847. The van der Waals surface area contributed by atoms with Crippen molar-refractivity contribution < 1.29 is 4.79 Å². The number of aryl methyl sites for hydroxylation is 1. The van der Waals surface area contributed by atoms with Crippen LogP contribution in [0.4, 0.5) is 0 Å². The Labute approximate surface area is 91.7 Å². The summed E-state index contributed by atoms with van der Waals surface area (Å²) in [6.07, 6.45) is 8.08. The molecule has 2 aromatic heterocycles. The smallest absolute Gasteiger partial charge is 0.255 e. The normalized spacial score (nSPS) is 11.0. The molecule has 15 heavy (non-hydrogen) atoms. The minimum atomic E-state index is -0.0847. The molecule has 2 aromatic rings. The van der Waals surface area contributed by atoms with Crippen molar-refractivity contribution in [3.05, 3.63) is 46.7 Å². The van der Waals surface area contributed by atoms with Gasteiger partial charge in [0.15, 0.2) is 0 Å². The van der Waals surface area contributed by atoms with E-state index >= 15 is 0 Å². The van der Waals surface area contributed by atoms with Crippen LogP contribution in [0, 0.1) is 6.92 Å². The minimum Gasteiger partial charge on any atom is -0.273 e. The van der Waals surface area contributed by atoms with E-state index in [0.717, 1.165) is 4.88 Å². The van der Waals surface area contributed by atoms with Crippen LogP contribution < -0.4 is 0 Å². The molecule has 0 saturated carbocycles. The molecular formula is C11H10N2OS. The summed E-state index contributed by atoms with van der Waals surface area (Å²) >= 11 is 1.66. The van der Waals surface area contributed by atoms with Crippen molar-refractivity contribution in [3.63, 3.8) is 0 Å². The number of imidazole rings is 1. The predicted octanol–water partition coefficient (Wildman–Crippen LogP) is 2.61. The van der Waals surface area contributed by atoms with Crippen molar-refractivity contribution in [3.8, 4) is 0 Å². The lowest BCUT2D eigenvalue weighted by atomic mass is 10.4. The van der Waals surface area contributed by atoms with Crippen molar-refractivity contribution in [2.75, 3.05) is 0 Å². The van der Waals surface area contributed by atoms with Gasteiger partial charge in [-0.1, -0.05) is 0 Å². The molecule has 0 aliphatic carbocycles. The van der Waals surface area contributed by atoms with Crippen molar-refractivity contribution in [2.24, 2.45) is 0 Å². The summed E-state index contributed by atoms with van der Waals surface area (Å²) in [4.78, 5) is 17.7. The molecule has 0 atom stereocenters. The van der Waals surface area contributed by atoms with Crippen LogP contribution in [0.15, 0.2) is 36.9 Å². The Morgan fingerprint density at radius 2 is 2.40 bits per heavy atom. The van der Waals surface area contributed by atoms with Crippen LogP contribution in [-0.4, -0.2) is 15.5 Å². The fourth-order valence-electron chi connectivity index (χ4n) is 1.17. The molecule has 0 spiro atoms. The number of thiophene rings is 1. The lowest BCUT2D eigenvalue weighted by molar-refractivity contribution is 0.0969. The van der Waals surface area contributed by atoms with Gasteiger partial charge in [-0.05, 0) is 25.1 Å².